The van der Waals surface area contributed by atoms with Crippen LogP contribution in [0.1, 0.15) is 12.1 Å². The van der Waals surface area contributed by atoms with E-state index in [1.54, 1.807) is 25.4 Å². The molecule has 3 rings (SSSR count). The van der Waals surface area contributed by atoms with Crippen LogP contribution in [0, 0.1) is 5.82 Å². The summed E-state index contributed by atoms with van der Waals surface area (Å²) in [6.45, 7) is 5.92. The summed E-state index contributed by atoms with van der Waals surface area (Å²) in [4.78, 5) is 9.00. The summed E-state index contributed by atoms with van der Waals surface area (Å²) in [5.74, 6) is 1.34. The number of rotatable bonds is 7. The van der Waals surface area contributed by atoms with Gasteiger partial charge in [0.25, 0.3) is 0 Å². The Morgan fingerprint density at radius 3 is 2.61 bits per heavy atom. The van der Waals surface area contributed by atoms with Gasteiger partial charge in [-0.3, -0.25) is 9.89 Å². The highest BCUT2D eigenvalue weighted by Crippen LogP contribution is 2.11. The molecule has 0 radical (unpaired) electrons. The van der Waals surface area contributed by atoms with E-state index in [1.807, 2.05) is 6.07 Å². The van der Waals surface area contributed by atoms with Crippen LogP contribution in [0.2, 0.25) is 0 Å². The van der Waals surface area contributed by atoms with Crippen LogP contribution in [-0.2, 0) is 6.54 Å². The molecule has 0 aliphatic carbocycles. The van der Waals surface area contributed by atoms with Crippen molar-refractivity contribution in [1.29, 1.82) is 0 Å². The third-order valence-electron chi connectivity index (χ3n) is 4.45. The number of hydrogen-bond acceptors (Lipinski definition) is 5. The zero-order valence-electron chi connectivity index (χ0n) is 16.0. The third-order valence-corrected chi connectivity index (χ3v) is 4.45. The number of hydrogen-bond donors (Lipinski definition) is 1. The highest BCUT2D eigenvalue weighted by atomic mass is 127. The quantitative estimate of drug-likeness (QED) is 0.271. The van der Waals surface area contributed by atoms with Gasteiger partial charge in [-0.05, 0) is 30.7 Å². The first kappa shape index (κ1) is 22.4. The molecule has 28 heavy (non-hydrogen) atoms. The minimum absolute atomic E-state index is 0. The van der Waals surface area contributed by atoms with E-state index in [0.717, 1.165) is 57.3 Å². The number of piperazine rings is 1. The van der Waals surface area contributed by atoms with Gasteiger partial charge in [0, 0.05) is 52.4 Å². The van der Waals surface area contributed by atoms with Crippen molar-refractivity contribution < 1.29 is 13.7 Å². The fraction of sp³-hybridized carbons (Fsp3) is 0.474. The number of halogens is 2. The Bertz CT molecular complexity index is 704. The zero-order chi connectivity index (χ0) is 18.9. The van der Waals surface area contributed by atoms with E-state index in [-0.39, 0.29) is 29.8 Å². The molecule has 0 amide bonds. The molecule has 0 bridgehead atoms. The monoisotopic (exact) mass is 503 g/mol. The molecule has 2 aromatic rings. The molecular formula is C19H27FIN5O2. The fourth-order valence-electron chi connectivity index (χ4n) is 2.99. The minimum Gasteiger partial charge on any atom is -0.494 e. The van der Waals surface area contributed by atoms with Crippen molar-refractivity contribution in [3.8, 4) is 5.75 Å². The standard InChI is InChI=1S/C19H26FN5O2.HI/c1-21-19(22-8-2-13-26-18-5-3-16(20)4-6-18)25-11-9-24(10-12-25)15-17-7-14-27-23-17;/h3-7,14H,2,8-13,15H2,1H3,(H,21,22);1H. The number of ether oxygens (including phenoxy) is 1. The fourth-order valence-corrected chi connectivity index (χ4v) is 2.99. The molecule has 1 fully saturated rings. The molecule has 1 aliphatic rings. The van der Waals surface area contributed by atoms with Gasteiger partial charge in [0.1, 0.15) is 17.8 Å². The van der Waals surface area contributed by atoms with Gasteiger partial charge in [-0.2, -0.15) is 0 Å². The summed E-state index contributed by atoms with van der Waals surface area (Å²) in [7, 11) is 1.80. The Balaban J connectivity index is 0.00000280. The van der Waals surface area contributed by atoms with Gasteiger partial charge in [-0.1, -0.05) is 5.16 Å². The SMILES string of the molecule is CN=C(NCCCOc1ccc(F)cc1)N1CCN(Cc2ccon2)CC1.I. The van der Waals surface area contributed by atoms with E-state index in [1.165, 1.54) is 12.1 Å². The minimum atomic E-state index is -0.256. The lowest BCUT2D eigenvalue weighted by Crippen LogP contribution is -2.52. The van der Waals surface area contributed by atoms with Crippen molar-refractivity contribution in [2.45, 2.75) is 13.0 Å². The summed E-state index contributed by atoms with van der Waals surface area (Å²) >= 11 is 0. The molecule has 1 saturated heterocycles. The normalized spacial score (nSPS) is 15.2. The molecule has 1 aliphatic heterocycles. The van der Waals surface area contributed by atoms with Gasteiger partial charge in [-0.25, -0.2) is 4.39 Å². The Labute approximate surface area is 181 Å². The van der Waals surface area contributed by atoms with E-state index < -0.39 is 0 Å². The Kier molecular flexibility index (Phi) is 9.48. The molecule has 9 heteroatoms. The van der Waals surface area contributed by atoms with Crippen molar-refractivity contribution >= 4 is 29.9 Å². The molecule has 0 spiro atoms. The topological polar surface area (TPSA) is 66.1 Å². The summed E-state index contributed by atoms with van der Waals surface area (Å²) in [6.07, 6.45) is 2.44. The van der Waals surface area contributed by atoms with E-state index in [4.69, 9.17) is 9.26 Å². The van der Waals surface area contributed by atoms with Crippen molar-refractivity contribution in [3.63, 3.8) is 0 Å². The maximum atomic E-state index is 12.9. The van der Waals surface area contributed by atoms with Crippen LogP contribution < -0.4 is 10.1 Å². The highest BCUT2D eigenvalue weighted by molar-refractivity contribution is 14.0. The zero-order valence-corrected chi connectivity index (χ0v) is 18.3. The maximum Gasteiger partial charge on any atom is 0.193 e. The second kappa shape index (κ2) is 11.8. The van der Waals surface area contributed by atoms with E-state index in [2.05, 4.69) is 25.3 Å². The third kappa shape index (κ3) is 6.93. The predicted octanol–water partition coefficient (Wildman–Crippen LogP) is 2.59. The number of benzene rings is 1. The largest absolute Gasteiger partial charge is 0.494 e. The summed E-state index contributed by atoms with van der Waals surface area (Å²) in [6, 6.07) is 7.98. The second-order valence-electron chi connectivity index (χ2n) is 6.38. The van der Waals surface area contributed by atoms with Crippen LogP contribution >= 0.6 is 24.0 Å². The van der Waals surface area contributed by atoms with Crippen LogP contribution in [0.4, 0.5) is 4.39 Å². The Hall–Kier alpha value is -1.88. The average molecular weight is 503 g/mol. The summed E-state index contributed by atoms with van der Waals surface area (Å²) in [5.41, 5.74) is 0.965. The lowest BCUT2D eigenvalue weighted by atomic mass is 10.3. The van der Waals surface area contributed by atoms with Gasteiger partial charge >= 0.3 is 0 Å². The molecule has 0 atom stereocenters. The molecule has 1 aromatic heterocycles. The number of nitrogens with zero attached hydrogens (tertiary/aromatic N) is 4. The lowest BCUT2D eigenvalue weighted by molar-refractivity contribution is 0.169. The molecule has 0 saturated carbocycles. The van der Waals surface area contributed by atoms with Crippen LogP contribution in [0.25, 0.3) is 0 Å². The van der Waals surface area contributed by atoms with Gasteiger partial charge in [0.05, 0.1) is 12.3 Å². The Morgan fingerprint density at radius 1 is 1.21 bits per heavy atom. The molecule has 1 aromatic carbocycles. The summed E-state index contributed by atoms with van der Waals surface area (Å²) < 4.78 is 23.4. The number of guanidine groups is 1. The van der Waals surface area contributed by atoms with Crippen molar-refractivity contribution in [2.24, 2.45) is 4.99 Å². The molecule has 7 nitrogen and oxygen atoms in total. The maximum absolute atomic E-state index is 12.9. The average Bonchev–Trinajstić information content (AvgIpc) is 3.20. The van der Waals surface area contributed by atoms with Crippen LogP contribution in [0.3, 0.4) is 0 Å². The van der Waals surface area contributed by atoms with Crippen molar-refractivity contribution in [1.82, 2.24) is 20.3 Å². The van der Waals surface area contributed by atoms with Crippen LogP contribution in [0.15, 0.2) is 46.1 Å². The predicted molar refractivity (Wildman–Crippen MR) is 117 cm³/mol. The van der Waals surface area contributed by atoms with Crippen molar-refractivity contribution in [2.75, 3.05) is 46.4 Å². The van der Waals surface area contributed by atoms with Gasteiger partial charge in [0.2, 0.25) is 0 Å². The number of aromatic nitrogens is 1. The number of aliphatic imine (C=N–C) groups is 1. The van der Waals surface area contributed by atoms with E-state index >= 15 is 0 Å². The van der Waals surface area contributed by atoms with Gasteiger partial charge < -0.3 is 19.5 Å². The van der Waals surface area contributed by atoms with Gasteiger partial charge in [-0.15, -0.1) is 24.0 Å². The first-order chi connectivity index (χ1) is 13.2. The Morgan fingerprint density at radius 2 is 1.96 bits per heavy atom. The summed E-state index contributed by atoms with van der Waals surface area (Å²) in [5, 5.41) is 7.35. The molecule has 2 heterocycles. The van der Waals surface area contributed by atoms with Crippen LogP contribution in [0.5, 0.6) is 5.75 Å². The highest BCUT2D eigenvalue weighted by Gasteiger charge is 2.20. The lowest BCUT2D eigenvalue weighted by Gasteiger charge is -2.36. The van der Waals surface area contributed by atoms with E-state index in [0.29, 0.717) is 12.4 Å². The molecule has 0 unspecified atom stereocenters. The number of nitrogens with one attached hydrogen (secondary N) is 1. The van der Waals surface area contributed by atoms with Gasteiger partial charge in [0.15, 0.2) is 5.96 Å². The van der Waals surface area contributed by atoms with Crippen LogP contribution in [-0.4, -0.2) is 67.3 Å². The first-order valence-electron chi connectivity index (χ1n) is 9.20. The smallest absolute Gasteiger partial charge is 0.193 e. The molecule has 154 valence electrons. The van der Waals surface area contributed by atoms with E-state index in [9.17, 15) is 4.39 Å². The first-order valence-corrected chi connectivity index (χ1v) is 9.20. The van der Waals surface area contributed by atoms with Crippen molar-refractivity contribution in [3.05, 3.63) is 48.1 Å². The molecular weight excluding hydrogens is 476 g/mol. The second-order valence-corrected chi connectivity index (χ2v) is 6.38. The molecule has 1 N–H and O–H groups in total.